The van der Waals surface area contributed by atoms with Crippen LogP contribution in [-0.2, 0) is 14.3 Å². The molecule has 0 heterocycles. The number of benzene rings is 2. The maximum absolute atomic E-state index is 12.6. The first-order valence-corrected chi connectivity index (χ1v) is 10.7. The lowest BCUT2D eigenvalue weighted by Gasteiger charge is -2.24. The van der Waals surface area contributed by atoms with Gasteiger partial charge in [0.2, 0.25) is 0 Å². The highest BCUT2D eigenvalue weighted by Crippen LogP contribution is 2.15. The van der Waals surface area contributed by atoms with Crippen molar-refractivity contribution < 1.29 is 28.6 Å². The molecule has 0 aliphatic carbocycles. The van der Waals surface area contributed by atoms with E-state index in [2.05, 4.69) is 5.32 Å². The lowest BCUT2D eigenvalue weighted by molar-refractivity contribution is -0.157. The highest BCUT2D eigenvalue weighted by molar-refractivity contribution is 5.82. The fourth-order valence-corrected chi connectivity index (χ4v) is 2.85. The lowest BCUT2D eigenvalue weighted by atomic mass is 10.1. The average molecular weight is 442 g/mol. The maximum Gasteiger partial charge on any atom is 0.413 e. The van der Waals surface area contributed by atoms with Crippen LogP contribution in [0.4, 0.5) is 4.79 Å². The lowest BCUT2D eigenvalue weighted by Crippen LogP contribution is -2.45. The predicted octanol–water partition coefficient (Wildman–Crippen LogP) is 5.04. The van der Waals surface area contributed by atoms with Gasteiger partial charge in [-0.2, -0.15) is 0 Å². The Bertz CT molecular complexity index is 861. The molecular formula is C25H31NO6. The quantitative estimate of drug-likeness (QED) is 0.315. The number of hydrogen-bond acceptors (Lipinski definition) is 6. The zero-order valence-electron chi connectivity index (χ0n) is 18.8. The molecule has 2 aromatic carbocycles. The summed E-state index contributed by atoms with van der Waals surface area (Å²) in [6.45, 7) is 5.30. The van der Waals surface area contributed by atoms with E-state index in [1.54, 1.807) is 69.3 Å². The van der Waals surface area contributed by atoms with Gasteiger partial charge in [-0.1, -0.05) is 49.2 Å². The molecule has 0 saturated carbocycles. The summed E-state index contributed by atoms with van der Waals surface area (Å²) in [5, 5.41) is 2.59. The van der Waals surface area contributed by atoms with E-state index in [1.807, 2.05) is 12.1 Å². The molecule has 1 amide bonds. The van der Waals surface area contributed by atoms with Crippen LogP contribution in [0.1, 0.15) is 52.9 Å². The van der Waals surface area contributed by atoms with Crippen LogP contribution >= 0.6 is 0 Å². The third kappa shape index (κ3) is 10.1. The second-order valence-corrected chi connectivity index (χ2v) is 8.32. The third-order valence-electron chi connectivity index (χ3n) is 4.29. The summed E-state index contributed by atoms with van der Waals surface area (Å²) in [6, 6.07) is 16.7. The number of hydrogen-bond donors (Lipinski definition) is 1. The van der Waals surface area contributed by atoms with Gasteiger partial charge in [0.15, 0.2) is 0 Å². The molecule has 1 unspecified atom stereocenters. The second kappa shape index (κ2) is 12.5. The molecule has 0 aromatic heterocycles. The molecule has 172 valence electrons. The van der Waals surface area contributed by atoms with Crippen LogP contribution in [0, 0.1) is 0 Å². The number of esters is 2. The van der Waals surface area contributed by atoms with Gasteiger partial charge in [0.25, 0.3) is 0 Å². The zero-order chi connectivity index (χ0) is 23.4. The van der Waals surface area contributed by atoms with Crippen LogP contribution in [0.15, 0.2) is 60.7 Å². The number of para-hydroxylation sites is 2. The van der Waals surface area contributed by atoms with Gasteiger partial charge in [-0.05, 0) is 57.9 Å². The first kappa shape index (κ1) is 24.9. The van der Waals surface area contributed by atoms with Crippen LogP contribution in [0.5, 0.6) is 11.5 Å². The minimum atomic E-state index is -0.846. The van der Waals surface area contributed by atoms with Crippen LogP contribution < -0.4 is 14.8 Å². The van der Waals surface area contributed by atoms with Gasteiger partial charge in [0, 0.05) is 6.42 Å². The first-order chi connectivity index (χ1) is 15.2. The zero-order valence-corrected chi connectivity index (χ0v) is 18.8. The molecule has 0 saturated heterocycles. The van der Waals surface area contributed by atoms with Crippen molar-refractivity contribution in [1.82, 2.24) is 5.32 Å². The standard InChI is InChI=1S/C25H31NO6/c1-25(2,3)32-23(28)21(26-24(29)31-20-15-9-5-10-16-20)17-11-6-12-18-22(27)30-19-13-7-4-8-14-19/h4-5,7-10,13-16,21H,6,11-12,17-18H2,1-3H3,(H,26,29). The highest BCUT2D eigenvalue weighted by Gasteiger charge is 2.27. The third-order valence-corrected chi connectivity index (χ3v) is 4.29. The highest BCUT2D eigenvalue weighted by atomic mass is 16.6. The van der Waals surface area contributed by atoms with Crippen LogP contribution in [0.25, 0.3) is 0 Å². The summed E-state index contributed by atoms with van der Waals surface area (Å²) in [7, 11) is 0. The molecule has 7 heteroatoms. The van der Waals surface area contributed by atoms with Gasteiger partial charge < -0.3 is 19.5 Å². The number of carbonyl (C=O) groups is 3. The fraction of sp³-hybridized carbons (Fsp3) is 0.400. The molecule has 2 rings (SSSR count). The van der Waals surface area contributed by atoms with Crippen molar-refractivity contribution >= 4 is 18.0 Å². The largest absolute Gasteiger partial charge is 0.458 e. The minimum Gasteiger partial charge on any atom is -0.458 e. The Morgan fingerprint density at radius 1 is 0.812 bits per heavy atom. The molecular weight excluding hydrogens is 410 g/mol. The van der Waals surface area contributed by atoms with Crippen molar-refractivity contribution in [3.05, 3.63) is 60.7 Å². The van der Waals surface area contributed by atoms with Crippen molar-refractivity contribution in [3.63, 3.8) is 0 Å². The summed E-state index contributed by atoms with van der Waals surface area (Å²) < 4.78 is 15.9. The van der Waals surface area contributed by atoms with Crippen molar-refractivity contribution in [2.24, 2.45) is 0 Å². The molecule has 1 atom stereocenters. The molecule has 1 N–H and O–H groups in total. The minimum absolute atomic E-state index is 0.273. The van der Waals surface area contributed by atoms with Crippen molar-refractivity contribution in [1.29, 1.82) is 0 Å². The van der Waals surface area contributed by atoms with Gasteiger partial charge in [-0.3, -0.25) is 4.79 Å². The fourth-order valence-electron chi connectivity index (χ4n) is 2.85. The Kier molecular flexibility index (Phi) is 9.73. The smallest absolute Gasteiger partial charge is 0.413 e. The van der Waals surface area contributed by atoms with E-state index < -0.39 is 23.7 Å². The Labute approximate surface area is 189 Å². The van der Waals surface area contributed by atoms with E-state index in [9.17, 15) is 14.4 Å². The van der Waals surface area contributed by atoms with E-state index >= 15 is 0 Å². The summed E-state index contributed by atoms with van der Waals surface area (Å²) in [6.07, 6.45) is 1.84. The van der Waals surface area contributed by atoms with Crippen molar-refractivity contribution in [3.8, 4) is 11.5 Å². The SMILES string of the molecule is CC(C)(C)OC(=O)C(CCCCCC(=O)Oc1ccccc1)NC(=O)Oc1ccccc1. The molecule has 0 radical (unpaired) electrons. The average Bonchev–Trinajstić information content (AvgIpc) is 2.73. The second-order valence-electron chi connectivity index (χ2n) is 8.32. The van der Waals surface area contributed by atoms with Crippen LogP contribution in [0.3, 0.4) is 0 Å². The summed E-state index contributed by atoms with van der Waals surface area (Å²) in [5.41, 5.74) is -0.679. The molecule has 0 spiro atoms. The number of amides is 1. The number of rotatable bonds is 10. The molecule has 0 aliphatic heterocycles. The van der Waals surface area contributed by atoms with E-state index in [4.69, 9.17) is 14.2 Å². The van der Waals surface area contributed by atoms with Gasteiger partial charge >= 0.3 is 18.0 Å². The van der Waals surface area contributed by atoms with Crippen LogP contribution in [-0.4, -0.2) is 29.7 Å². The Morgan fingerprint density at radius 2 is 1.38 bits per heavy atom. The van der Waals surface area contributed by atoms with Crippen molar-refractivity contribution in [2.45, 2.75) is 64.5 Å². The summed E-state index contributed by atoms with van der Waals surface area (Å²) in [4.78, 5) is 36.7. The number of carbonyl (C=O) groups excluding carboxylic acids is 3. The number of unbranched alkanes of at least 4 members (excludes halogenated alkanes) is 2. The summed E-state index contributed by atoms with van der Waals surface area (Å²) >= 11 is 0. The van der Waals surface area contributed by atoms with Gasteiger partial charge in [-0.15, -0.1) is 0 Å². The van der Waals surface area contributed by atoms with Crippen LogP contribution in [0.2, 0.25) is 0 Å². The maximum atomic E-state index is 12.6. The Hall–Kier alpha value is -3.35. The molecule has 32 heavy (non-hydrogen) atoms. The molecule has 7 nitrogen and oxygen atoms in total. The van der Waals surface area contributed by atoms with Gasteiger partial charge in [-0.25, -0.2) is 9.59 Å². The summed E-state index contributed by atoms with van der Waals surface area (Å²) in [5.74, 6) is 0.0731. The topological polar surface area (TPSA) is 90.9 Å². The molecule has 0 fully saturated rings. The van der Waals surface area contributed by atoms with Gasteiger partial charge in [0.05, 0.1) is 0 Å². The van der Waals surface area contributed by atoms with E-state index in [-0.39, 0.29) is 12.4 Å². The van der Waals surface area contributed by atoms with Gasteiger partial charge in [0.1, 0.15) is 23.1 Å². The molecule has 2 aromatic rings. The number of ether oxygens (including phenoxy) is 3. The van der Waals surface area contributed by atoms with E-state index in [1.165, 1.54) is 0 Å². The monoisotopic (exact) mass is 441 g/mol. The normalized spacial score (nSPS) is 11.8. The predicted molar refractivity (Wildman–Crippen MR) is 120 cm³/mol. The molecule has 0 bridgehead atoms. The Balaban J connectivity index is 1.80. The molecule has 0 aliphatic rings. The first-order valence-electron chi connectivity index (χ1n) is 10.7. The Morgan fingerprint density at radius 3 is 1.94 bits per heavy atom. The van der Waals surface area contributed by atoms with Crippen molar-refractivity contribution in [2.75, 3.05) is 0 Å². The van der Waals surface area contributed by atoms with E-state index in [0.29, 0.717) is 37.2 Å². The number of nitrogens with one attached hydrogen (secondary N) is 1. The van der Waals surface area contributed by atoms with E-state index in [0.717, 1.165) is 0 Å².